The number of aryl methyl sites for hydroxylation is 1. The maximum absolute atomic E-state index is 10.5. The Kier molecular flexibility index (Phi) is 38.9. The SMILES string of the molecule is CCc1ccc(OCCOCCOCCOCCOCCCS(=O)(=O)[O-])cc1OCCOCCOCCOCCOCCCS(=O)(=O)[O-].[K+].[K+]. The van der Waals surface area contributed by atoms with Crippen LogP contribution in [0.25, 0.3) is 0 Å². The zero-order chi connectivity index (χ0) is 35.2. The summed E-state index contributed by atoms with van der Waals surface area (Å²) in [6.07, 6.45) is 1.15. The second-order valence-corrected chi connectivity index (χ2v) is 13.0. The van der Waals surface area contributed by atoms with Gasteiger partial charge in [0.25, 0.3) is 0 Å². The zero-order valence-corrected chi connectivity index (χ0v) is 37.7. The fraction of sp³-hybridized carbons (Fsp3) is 0.800. The van der Waals surface area contributed by atoms with Crippen molar-refractivity contribution < 1.29 is 176 Å². The fourth-order valence-corrected chi connectivity index (χ4v) is 4.62. The molecule has 16 nitrogen and oxygen atoms in total. The Morgan fingerprint density at radius 1 is 0.480 bits per heavy atom. The fourth-order valence-electron chi connectivity index (χ4n) is 3.68. The minimum atomic E-state index is -4.19. The van der Waals surface area contributed by atoms with Gasteiger partial charge in [0, 0.05) is 30.8 Å². The summed E-state index contributed by atoms with van der Waals surface area (Å²) in [4.78, 5) is 0. The number of hydrogen-bond acceptors (Lipinski definition) is 16. The topological polar surface area (TPSA) is 207 Å². The molecule has 0 fully saturated rings. The summed E-state index contributed by atoms with van der Waals surface area (Å²) in [6, 6.07) is 5.72. The normalized spacial score (nSPS) is 11.6. The molecule has 20 heteroatoms. The standard InChI is InChI=1S/C30H54O16S2.2K/c1-2-28-5-6-29(45-23-21-43-19-17-41-15-13-39-11-9-37-7-3-25-47(31,32)33)27-30(28)46-24-22-44-20-18-42-16-14-40-12-10-38-8-4-26-48(34,35)36;;/h5-6,27H,2-4,7-26H2,1H3,(H,31,32,33)(H,34,35,36);;/q;2*+1/p-2. The van der Waals surface area contributed by atoms with Crippen LogP contribution >= 0.6 is 0 Å². The van der Waals surface area contributed by atoms with Crippen LogP contribution in [0.15, 0.2) is 18.2 Å². The van der Waals surface area contributed by atoms with E-state index in [9.17, 15) is 25.9 Å². The molecule has 0 saturated carbocycles. The van der Waals surface area contributed by atoms with E-state index in [4.69, 9.17) is 47.4 Å². The molecule has 0 unspecified atom stereocenters. The van der Waals surface area contributed by atoms with Gasteiger partial charge in [0.2, 0.25) is 0 Å². The van der Waals surface area contributed by atoms with E-state index in [1.54, 1.807) is 0 Å². The van der Waals surface area contributed by atoms with Crippen molar-refractivity contribution in [2.75, 3.05) is 130 Å². The van der Waals surface area contributed by atoms with E-state index in [1.807, 2.05) is 25.1 Å². The average Bonchev–Trinajstić information content (AvgIpc) is 3.03. The quantitative estimate of drug-likeness (QED) is 0.0358. The van der Waals surface area contributed by atoms with Gasteiger partial charge in [-0.2, -0.15) is 0 Å². The smallest absolute Gasteiger partial charge is 0.748 e. The summed E-state index contributed by atoms with van der Waals surface area (Å²) < 4.78 is 118. The maximum atomic E-state index is 10.5. The zero-order valence-electron chi connectivity index (χ0n) is 29.8. The van der Waals surface area contributed by atoms with Gasteiger partial charge in [0.05, 0.1) is 113 Å². The first kappa shape index (κ1) is 53.7. The first-order chi connectivity index (χ1) is 23.1. The summed E-state index contributed by atoms with van der Waals surface area (Å²) in [5, 5.41) is 0. The molecule has 0 heterocycles. The minimum Gasteiger partial charge on any atom is -0.748 e. The Morgan fingerprint density at radius 2 is 0.800 bits per heavy atom. The third-order valence-corrected chi connectivity index (χ3v) is 7.58. The molecule has 0 aliphatic rings. The van der Waals surface area contributed by atoms with Gasteiger partial charge < -0.3 is 56.5 Å². The molecule has 0 N–H and O–H groups in total. The molecule has 1 rings (SSSR count). The van der Waals surface area contributed by atoms with Gasteiger partial charge in [0.1, 0.15) is 24.7 Å². The molecule has 0 spiro atoms. The Balaban J connectivity index is 0. The van der Waals surface area contributed by atoms with E-state index in [0.29, 0.717) is 111 Å². The van der Waals surface area contributed by atoms with E-state index in [0.717, 1.165) is 17.7 Å². The Bertz CT molecular complexity index is 1130. The molecule has 50 heavy (non-hydrogen) atoms. The van der Waals surface area contributed by atoms with Crippen LogP contribution in [0, 0.1) is 0 Å². The van der Waals surface area contributed by atoms with Crippen molar-refractivity contribution in [3.8, 4) is 11.5 Å². The van der Waals surface area contributed by atoms with Gasteiger partial charge in [-0.3, -0.25) is 0 Å². The molecule has 0 aromatic heterocycles. The van der Waals surface area contributed by atoms with Crippen LogP contribution in [0.1, 0.15) is 25.3 Å². The van der Waals surface area contributed by atoms with Crippen molar-refractivity contribution in [3.63, 3.8) is 0 Å². The van der Waals surface area contributed by atoms with E-state index in [-0.39, 0.29) is 129 Å². The summed E-state index contributed by atoms with van der Waals surface area (Å²) in [6.45, 7) is 8.56. The molecule has 0 aliphatic heterocycles. The van der Waals surface area contributed by atoms with Crippen LogP contribution in [0.5, 0.6) is 11.5 Å². The van der Waals surface area contributed by atoms with Gasteiger partial charge >= 0.3 is 103 Å². The Morgan fingerprint density at radius 3 is 1.14 bits per heavy atom. The Hall–Kier alpha value is 1.59. The van der Waals surface area contributed by atoms with E-state index < -0.39 is 31.7 Å². The predicted octanol–water partition coefficient (Wildman–Crippen LogP) is -4.98. The van der Waals surface area contributed by atoms with Crippen LogP contribution in [-0.4, -0.2) is 156 Å². The summed E-state index contributed by atoms with van der Waals surface area (Å²) in [5.74, 6) is 0.562. The van der Waals surface area contributed by atoms with E-state index in [1.165, 1.54) is 0 Å². The molecular formula is C30H52K2O16S2. The molecule has 0 aliphatic carbocycles. The molecule has 282 valence electrons. The van der Waals surface area contributed by atoms with Gasteiger partial charge in [0.15, 0.2) is 0 Å². The summed E-state index contributed by atoms with van der Waals surface area (Å²) in [7, 11) is -8.38. The van der Waals surface area contributed by atoms with Crippen LogP contribution in [0.3, 0.4) is 0 Å². The van der Waals surface area contributed by atoms with Crippen molar-refractivity contribution in [2.24, 2.45) is 0 Å². The minimum absolute atomic E-state index is 0. The molecule has 1 aromatic carbocycles. The van der Waals surface area contributed by atoms with Crippen LogP contribution < -0.4 is 112 Å². The third-order valence-electron chi connectivity index (χ3n) is 6.00. The molecule has 0 bridgehead atoms. The molecule has 0 atom stereocenters. The van der Waals surface area contributed by atoms with Gasteiger partial charge in [-0.15, -0.1) is 0 Å². The van der Waals surface area contributed by atoms with E-state index >= 15 is 0 Å². The van der Waals surface area contributed by atoms with Gasteiger partial charge in [-0.25, -0.2) is 16.8 Å². The van der Waals surface area contributed by atoms with E-state index in [2.05, 4.69) is 0 Å². The second kappa shape index (κ2) is 36.2. The Labute approximate surface area is 382 Å². The van der Waals surface area contributed by atoms with Crippen LogP contribution in [0.4, 0.5) is 0 Å². The maximum Gasteiger partial charge on any atom is 1.00 e. The molecule has 0 radical (unpaired) electrons. The second-order valence-electron chi connectivity index (χ2n) is 9.95. The largest absolute Gasteiger partial charge is 1.00 e. The summed E-state index contributed by atoms with van der Waals surface area (Å²) >= 11 is 0. The van der Waals surface area contributed by atoms with Crippen molar-refractivity contribution in [1.29, 1.82) is 0 Å². The van der Waals surface area contributed by atoms with Crippen molar-refractivity contribution >= 4 is 20.2 Å². The predicted molar refractivity (Wildman–Crippen MR) is 172 cm³/mol. The first-order valence-electron chi connectivity index (χ1n) is 16.0. The van der Waals surface area contributed by atoms with Crippen LogP contribution in [0.2, 0.25) is 0 Å². The molecule has 1 aromatic rings. The number of rotatable bonds is 35. The average molecular weight is 811 g/mol. The number of benzene rings is 1. The number of ether oxygens (including phenoxy) is 10. The van der Waals surface area contributed by atoms with Crippen molar-refractivity contribution in [2.45, 2.75) is 26.2 Å². The third kappa shape index (κ3) is 36.6. The summed E-state index contributed by atoms with van der Waals surface area (Å²) in [5.41, 5.74) is 1.06. The molecular weight excluding hydrogens is 759 g/mol. The molecule has 0 amide bonds. The first-order valence-corrected chi connectivity index (χ1v) is 19.1. The van der Waals surface area contributed by atoms with Crippen molar-refractivity contribution in [3.05, 3.63) is 23.8 Å². The van der Waals surface area contributed by atoms with Gasteiger partial charge in [-0.05, 0) is 30.9 Å². The number of hydrogen-bond donors (Lipinski definition) is 0. The van der Waals surface area contributed by atoms with Gasteiger partial charge in [-0.1, -0.05) is 13.0 Å². The monoisotopic (exact) mass is 810 g/mol. The molecule has 0 saturated heterocycles. The van der Waals surface area contributed by atoms with Crippen molar-refractivity contribution in [1.82, 2.24) is 0 Å². The van der Waals surface area contributed by atoms with Crippen LogP contribution in [-0.2, 0) is 64.6 Å².